The van der Waals surface area contributed by atoms with Gasteiger partial charge in [0.15, 0.2) is 11.5 Å². The van der Waals surface area contributed by atoms with Gasteiger partial charge < -0.3 is 19.4 Å². The number of methoxy groups -OCH3 is 2. The minimum Gasteiger partial charge on any atom is -0.493 e. The van der Waals surface area contributed by atoms with E-state index in [2.05, 4.69) is 5.32 Å². The van der Waals surface area contributed by atoms with Crippen LogP contribution in [0.2, 0.25) is 0 Å². The van der Waals surface area contributed by atoms with Crippen molar-refractivity contribution in [1.82, 2.24) is 9.88 Å². The second-order valence-corrected chi connectivity index (χ2v) is 6.48. The standard InChI is InChI=1S/C22H24N2O4/c1-5-24-13-17(21(25)16-8-6-7-9-18(16)24)22(26)23-14(2)15-10-11-19(27-3)20(12-15)28-4/h6-14H,5H2,1-4H3,(H,23,26)/t14-/m1/s1. The van der Waals surface area contributed by atoms with Gasteiger partial charge in [-0.25, -0.2) is 0 Å². The monoisotopic (exact) mass is 380 g/mol. The highest BCUT2D eigenvalue weighted by Crippen LogP contribution is 2.30. The van der Waals surface area contributed by atoms with Crippen LogP contribution in [0, 0.1) is 0 Å². The Morgan fingerprint density at radius 3 is 2.50 bits per heavy atom. The molecule has 0 aliphatic rings. The summed E-state index contributed by atoms with van der Waals surface area (Å²) in [5, 5.41) is 3.45. The Morgan fingerprint density at radius 2 is 1.82 bits per heavy atom. The number of nitrogens with one attached hydrogen (secondary N) is 1. The summed E-state index contributed by atoms with van der Waals surface area (Å²) in [5.74, 6) is 0.797. The zero-order valence-electron chi connectivity index (χ0n) is 16.5. The summed E-state index contributed by atoms with van der Waals surface area (Å²) >= 11 is 0. The van der Waals surface area contributed by atoms with E-state index in [0.29, 0.717) is 23.4 Å². The molecule has 0 aliphatic heterocycles. The van der Waals surface area contributed by atoms with Crippen LogP contribution in [0.25, 0.3) is 10.9 Å². The van der Waals surface area contributed by atoms with Gasteiger partial charge >= 0.3 is 0 Å². The zero-order valence-corrected chi connectivity index (χ0v) is 16.5. The molecule has 1 amide bonds. The van der Waals surface area contributed by atoms with Gasteiger partial charge in [-0.15, -0.1) is 0 Å². The van der Waals surface area contributed by atoms with Crippen LogP contribution >= 0.6 is 0 Å². The molecule has 1 aromatic heterocycles. The van der Waals surface area contributed by atoms with Crippen molar-refractivity contribution >= 4 is 16.8 Å². The first-order valence-corrected chi connectivity index (χ1v) is 9.15. The summed E-state index contributed by atoms with van der Waals surface area (Å²) in [6, 6.07) is 12.5. The number of aryl methyl sites for hydroxylation is 1. The largest absolute Gasteiger partial charge is 0.493 e. The van der Waals surface area contributed by atoms with Crippen LogP contribution in [-0.2, 0) is 6.54 Å². The maximum atomic E-state index is 12.9. The molecule has 6 nitrogen and oxygen atoms in total. The summed E-state index contributed by atoms with van der Waals surface area (Å²) in [4.78, 5) is 25.7. The van der Waals surface area contributed by atoms with Crippen LogP contribution in [0.15, 0.2) is 53.5 Å². The van der Waals surface area contributed by atoms with Crippen LogP contribution in [0.3, 0.4) is 0 Å². The first-order valence-electron chi connectivity index (χ1n) is 9.15. The van der Waals surface area contributed by atoms with Gasteiger partial charge in [0.2, 0.25) is 5.43 Å². The lowest BCUT2D eigenvalue weighted by molar-refractivity contribution is 0.0938. The smallest absolute Gasteiger partial charge is 0.257 e. The molecule has 1 heterocycles. The van der Waals surface area contributed by atoms with Crippen molar-refractivity contribution in [3.8, 4) is 11.5 Å². The van der Waals surface area contributed by atoms with Gasteiger partial charge in [0.05, 0.1) is 25.8 Å². The van der Waals surface area contributed by atoms with Crippen LogP contribution in [0.5, 0.6) is 11.5 Å². The molecular weight excluding hydrogens is 356 g/mol. The molecule has 0 spiro atoms. The van der Waals surface area contributed by atoms with E-state index in [1.54, 1.807) is 38.6 Å². The normalized spacial score (nSPS) is 11.9. The Bertz CT molecular complexity index is 1070. The number of para-hydroxylation sites is 1. The van der Waals surface area contributed by atoms with Crippen molar-refractivity contribution in [2.45, 2.75) is 26.4 Å². The van der Waals surface area contributed by atoms with Gasteiger partial charge in [0.25, 0.3) is 5.91 Å². The molecule has 146 valence electrons. The molecule has 0 bridgehead atoms. The van der Waals surface area contributed by atoms with E-state index in [0.717, 1.165) is 11.1 Å². The number of pyridine rings is 1. The highest BCUT2D eigenvalue weighted by Gasteiger charge is 2.18. The van der Waals surface area contributed by atoms with Crippen molar-refractivity contribution in [3.63, 3.8) is 0 Å². The van der Waals surface area contributed by atoms with Crippen LogP contribution in [0.1, 0.15) is 35.8 Å². The molecule has 1 N–H and O–H groups in total. The fourth-order valence-electron chi connectivity index (χ4n) is 3.25. The number of hydrogen-bond donors (Lipinski definition) is 1. The third-order valence-electron chi connectivity index (χ3n) is 4.83. The third kappa shape index (κ3) is 3.58. The topological polar surface area (TPSA) is 69.6 Å². The quantitative estimate of drug-likeness (QED) is 0.710. The molecule has 6 heteroatoms. The van der Waals surface area contributed by atoms with E-state index in [1.165, 1.54) is 0 Å². The highest BCUT2D eigenvalue weighted by atomic mass is 16.5. The van der Waals surface area contributed by atoms with Crippen LogP contribution in [0.4, 0.5) is 0 Å². The summed E-state index contributed by atoms with van der Waals surface area (Å²) in [7, 11) is 3.13. The minimum absolute atomic E-state index is 0.132. The average molecular weight is 380 g/mol. The zero-order chi connectivity index (χ0) is 20.3. The van der Waals surface area contributed by atoms with Gasteiger partial charge in [0, 0.05) is 18.1 Å². The van der Waals surface area contributed by atoms with E-state index >= 15 is 0 Å². The van der Waals surface area contributed by atoms with E-state index < -0.39 is 5.91 Å². The fraction of sp³-hybridized carbons (Fsp3) is 0.273. The van der Waals surface area contributed by atoms with Gasteiger partial charge in [-0.1, -0.05) is 18.2 Å². The summed E-state index contributed by atoms with van der Waals surface area (Å²) in [6.07, 6.45) is 1.63. The molecule has 1 atom stereocenters. The van der Waals surface area contributed by atoms with Crippen molar-refractivity contribution in [3.05, 3.63) is 70.0 Å². The lowest BCUT2D eigenvalue weighted by Gasteiger charge is -2.17. The lowest BCUT2D eigenvalue weighted by atomic mass is 10.1. The lowest BCUT2D eigenvalue weighted by Crippen LogP contribution is -2.31. The SMILES string of the molecule is CCn1cc(C(=O)N[C@H](C)c2ccc(OC)c(OC)c2)c(=O)c2ccccc21. The summed E-state index contributed by atoms with van der Waals surface area (Å²) in [6.45, 7) is 4.50. The highest BCUT2D eigenvalue weighted by molar-refractivity contribution is 5.97. The molecule has 28 heavy (non-hydrogen) atoms. The molecule has 0 saturated carbocycles. The minimum atomic E-state index is -0.403. The first kappa shape index (κ1) is 19.5. The second kappa shape index (κ2) is 8.17. The van der Waals surface area contributed by atoms with Crippen LogP contribution < -0.4 is 20.2 Å². The van der Waals surface area contributed by atoms with E-state index in [9.17, 15) is 9.59 Å². The molecule has 0 radical (unpaired) electrons. The molecule has 0 saturated heterocycles. The number of fused-ring (bicyclic) bond motifs is 1. The third-order valence-corrected chi connectivity index (χ3v) is 4.83. The Balaban J connectivity index is 1.93. The number of nitrogens with zero attached hydrogens (tertiary/aromatic N) is 1. The Hall–Kier alpha value is -3.28. The molecule has 0 fully saturated rings. The van der Waals surface area contributed by atoms with E-state index in [1.807, 2.05) is 42.7 Å². The molecule has 0 unspecified atom stereocenters. The van der Waals surface area contributed by atoms with Gasteiger partial charge in [-0.2, -0.15) is 0 Å². The number of benzene rings is 2. The van der Waals surface area contributed by atoms with Gasteiger partial charge in [-0.3, -0.25) is 9.59 Å². The van der Waals surface area contributed by atoms with Crippen molar-refractivity contribution in [2.75, 3.05) is 14.2 Å². The van der Waals surface area contributed by atoms with Crippen LogP contribution in [-0.4, -0.2) is 24.7 Å². The number of aromatic nitrogens is 1. The molecular formula is C22H24N2O4. The van der Waals surface area contributed by atoms with Crippen molar-refractivity contribution in [2.24, 2.45) is 0 Å². The number of carbonyl (C=O) groups excluding carboxylic acids is 1. The maximum absolute atomic E-state index is 12.9. The second-order valence-electron chi connectivity index (χ2n) is 6.48. The molecule has 0 aliphatic carbocycles. The molecule has 3 rings (SSSR count). The molecule has 2 aromatic carbocycles. The van der Waals surface area contributed by atoms with Gasteiger partial charge in [0.1, 0.15) is 5.56 Å². The number of rotatable bonds is 6. The fourth-order valence-corrected chi connectivity index (χ4v) is 3.25. The number of carbonyl (C=O) groups is 1. The van der Waals surface area contributed by atoms with E-state index in [-0.39, 0.29) is 17.0 Å². The summed E-state index contributed by atoms with van der Waals surface area (Å²) in [5.41, 5.74) is 1.53. The Kier molecular flexibility index (Phi) is 5.68. The summed E-state index contributed by atoms with van der Waals surface area (Å²) < 4.78 is 12.5. The van der Waals surface area contributed by atoms with Gasteiger partial charge in [-0.05, 0) is 43.7 Å². The predicted octanol–water partition coefficient (Wildman–Crippen LogP) is 3.53. The maximum Gasteiger partial charge on any atom is 0.257 e. The van der Waals surface area contributed by atoms with Crippen molar-refractivity contribution < 1.29 is 14.3 Å². The predicted molar refractivity (Wildman–Crippen MR) is 109 cm³/mol. The average Bonchev–Trinajstić information content (AvgIpc) is 2.73. The first-order chi connectivity index (χ1) is 13.5. The number of hydrogen-bond acceptors (Lipinski definition) is 4. The Morgan fingerprint density at radius 1 is 1.11 bits per heavy atom. The number of amides is 1. The Labute approximate surface area is 163 Å². The van der Waals surface area contributed by atoms with E-state index in [4.69, 9.17) is 9.47 Å². The van der Waals surface area contributed by atoms with Crippen molar-refractivity contribution in [1.29, 1.82) is 0 Å². The number of ether oxygens (including phenoxy) is 2. The molecule has 3 aromatic rings.